The average molecular weight is 393 g/mol. The summed E-state index contributed by atoms with van der Waals surface area (Å²) in [5.74, 6) is -0.226. The molecule has 0 atom stereocenters. The Morgan fingerprint density at radius 3 is 2.26 bits per heavy atom. The Labute approximate surface area is 158 Å². The summed E-state index contributed by atoms with van der Waals surface area (Å²) in [5.41, 5.74) is 2.13. The number of aryl methyl sites for hydroxylation is 2. The van der Waals surface area contributed by atoms with E-state index in [1.807, 2.05) is 0 Å². The highest BCUT2D eigenvalue weighted by atomic mass is 32.2. The SMILES string of the molecule is Cc1n[nH]c(C)c1S(=O)(=O)N1CC(N2CCN(c3ccc(F)cc3)CC2)C1. The number of halogens is 1. The molecule has 0 amide bonds. The molecule has 2 fully saturated rings. The zero-order valence-corrected chi connectivity index (χ0v) is 16.3. The number of aromatic nitrogens is 2. The highest BCUT2D eigenvalue weighted by molar-refractivity contribution is 7.89. The maximum atomic E-state index is 13.1. The summed E-state index contributed by atoms with van der Waals surface area (Å²) in [4.78, 5) is 4.89. The molecule has 1 aromatic heterocycles. The Balaban J connectivity index is 1.34. The molecule has 0 unspecified atom stereocenters. The minimum Gasteiger partial charge on any atom is -0.369 e. The number of hydrogen-bond donors (Lipinski definition) is 1. The zero-order chi connectivity index (χ0) is 19.2. The van der Waals surface area contributed by atoms with Gasteiger partial charge in [0.15, 0.2) is 0 Å². The van der Waals surface area contributed by atoms with Crippen molar-refractivity contribution in [2.24, 2.45) is 0 Å². The number of benzene rings is 1. The number of nitrogens with one attached hydrogen (secondary N) is 1. The lowest BCUT2D eigenvalue weighted by Crippen LogP contribution is -2.64. The van der Waals surface area contributed by atoms with E-state index in [-0.39, 0.29) is 11.9 Å². The van der Waals surface area contributed by atoms with Crippen LogP contribution >= 0.6 is 0 Å². The van der Waals surface area contributed by atoms with Gasteiger partial charge in [0.25, 0.3) is 0 Å². The lowest BCUT2D eigenvalue weighted by atomic mass is 10.1. The molecule has 2 saturated heterocycles. The van der Waals surface area contributed by atoms with Crippen molar-refractivity contribution in [3.8, 4) is 0 Å². The van der Waals surface area contributed by atoms with E-state index >= 15 is 0 Å². The first-order chi connectivity index (χ1) is 12.9. The van der Waals surface area contributed by atoms with E-state index in [1.165, 1.54) is 16.4 Å². The quantitative estimate of drug-likeness (QED) is 0.849. The van der Waals surface area contributed by atoms with Gasteiger partial charge < -0.3 is 4.90 Å². The van der Waals surface area contributed by atoms with Crippen LogP contribution in [0.5, 0.6) is 0 Å². The smallest absolute Gasteiger partial charge is 0.246 e. The summed E-state index contributed by atoms with van der Waals surface area (Å²) in [6.45, 7) is 7.94. The van der Waals surface area contributed by atoms with Crippen LogP contribution in [-0.4, -0.2) is 73.1 Å². The van der Waals surface area contributed by atoms with Crippen molar-refractivity contribution in [1.82, 2.24) is 19.4 Å². The van der Waals surface area contributed by atoms with Gasteiger partial charge in [0, 0.05) is 51.0 Å². The van der Waals surface area contributed by atoms with Crippen molar-refractivity contribution < 1.29 is 12.8 Å². The van der Waals surface area contributed by atoms with Gasteiger partial charge in [0.05, 0.1) is 11.4 Å². The molecule has 1 aromatic carbocycles. The van der Waals surface area contributed by atoms with Gasteiger partial charge in [-0.2, -0.15) is 9.40 Å². The van der Waals surface area contributed by atoms with Gasteiger partial charge in [-0.05, 0) is 38.1 Å². The van der Waals surface area contributed by atoms with E-state index in [9.17, 15) is 12.8 Å². The molecule has 0 radical (unpaired) electrons. The topological polar surface area (TPSA) is 72.5 Å². The molecule has 2 aliphatic rings. The van der Waals surface area contributed by atoms with Gasteiger partial charge >= 0.3 is 0 Å². The first-order valence-corrected chi connectivity index (χ1v) is 10.6. The van der Waals surface area contributed by atoms with Crippen LogP contribution in [0.2, 0.25) is 0 Å². The van der Waals surface area contributed by atoms with E-state index < -0.39 is 10.0 Å². The van der Waals surface area contributed by atoms with Gasteiger partial charge in [0.1, 0.15) is 10.7 Å². The molecule has 0 aliphatic carbocycles. The molecule has 7 nitrogen and oxygen atoms in total. The third kappa shape index (κ3) is 3.35. The number of sulfonamides is 1. The largest absolute Gasteiger partial charge is 0.369 e. The third-order valence-electron chi connectivity index (χ3n) is 5.51. The van der Waals surface area contributed by atoms with Crippen LogP contribution in [0.15, 0.2) is 29.2 Å². The van der Waals surface area contributed by atoms with Crippen molar-refractivity contribution in [2.75, 3.05) is 44.2 Å². The molecule has 0 spiro atoms. The molecule has 9 heteroatoms. The molecule has 0 saturated carbocycles. The van der Waals surface area contributed by atoms with E-state index in [1.54, 1.807) is 26.0 Å². The molecule has 1 N–H and O–H groups in total. The fourth-order valence-corrected chi connectivity index (χ4v) is 5.74. The van der Waals surface area contributed by atoms with Crippen LogP contribution < -0.4 is 4.90 Å². The van der Waals surface area contributed by atoms with Gasteiger partial charge in [0.2, 0.25) is 10.0 Å². The number of aromatic amines is 1. The predicted molar refractivity (Wildman–Crippen MR) is 101 cm³/mol. The molecule has 0 bridgehead atoms. The number of H-pyrrole nitrogens is 1. The Morgan fingerprint density at radius 2 is 1.70 bits per heavy atom. The maximum absolute atomic E-state index is 13.1. The van der Waals surface area contributed by atoms with Gasteiger partial charge in [-0.15, -0.1) is 0 Å². The summed E-state index contributed by atoms with van der Waals surface area (Å²) in [7, 11) is -3.48. The van der Waals surface area contributed by atoms with Crippen LogP contribution in [0.3, 0.4) is 0 Å². The summed E-state index contributed by atoms with van der Waals surface area (Å²) >= 11 is 0. The molecule has 2 aliphatic heterocycles. The fourth-order valence-electron chi connectivity index (χ4n) is 3.89. The first-order valence-electron chi connectivity index (χ1n) is 9.12. The van der Waals surface area contributed by atoms with Gasteiger partial charge in [-0.1, -0.05) is 0 Å². The third-order valence-corrected chi connectivity index (χ3v) is 7.61. The lowest BCUT2D eigenvalue weighted by Gasteiger charge is -2.47. The number of piperazine rings is 1. The molecule has 27 heavy (non-hydrogen) atoms. The van der Waals surface area contributed by atoms with Crippen molar-refractivity contribution >= 4 is 15.7 Å². The predicted octanol–water partition coefficient (Wildman–Crippen LogP) is 1.36. The van der Waals surface area contributed by atoms with Crippen molar-refractivity contribution in [1.29, 1.82) is 0 Å². The lowest BCUT2D eigenvalue weighted by molar-refractivity contribution is 0.0828. The molecule has 4 rings (SSSR count). The summed E-state index contributed by atoms with van der Waals surface area (Å²) in [5, 5.41) is 6.75. The standard InChI is InChI=1S/C18H24FN5O2S/c1-13-18(14(2)21-20-13)27(25,26)24-11-17(12-24)23-9-7-22(8-10-23)16-5-3-15(19)4-6-16/h3-6,17H,7-12H2,1-2H3,(H,20,21). The van der Waals surface area contributed by atoms with Crippen LogP contribution in [0.25, 0.3) is 0 Å². The summed E-state index contributed by atoms with van der Waals surface area (Å²) in [6, 6.07) is 6.82. The minimum absolute atomic E-state index is 0.226. The normalized spacial score (nSPS) is 20.0. The van der Waals surface area contributed by atoms with Crippen LogP contribution in [0.1, 0.15) is 11.4 Å². The number of anilines is 1. The van der Waals surface area contributed by atoms with Crippen LogP contribution in [0.4, 0.5) is 10.1 Å². The second kappa shape index (κ2) is 6.88. The van der Waals surface area contributed by atoms with Crippen LogP contribution in [-0.2, 0) is 10.0 Å². The number of nitrogens with zero attached hydrogens (tertiary/aromatic N) is 4. The molecular formula is C18H24FN5O2S. The van der Waals surface area contributed by atoms with Gasteiger partial charge in [-0.25, -0.2) is 12.8 Å². The van der Waals surface area contributed by atoms with Crippen molar-refractivity contribution in [3.63, 3.8) is 0 Å². The van der Waals surface area contributed by atoms with Gasteiger partial charge in [-0.3, -0.25) is 10.00 Å². The van der Waals surface area contributed by atoms with Crippen molar-refractivity contribution in [3.05, 3.63) is 41.5 Å². The zero-order valence-electron chi connectivity index (χ0n) is 15.5. The Hall–Kier alpha value is -1.97. The second-order valence-electron chi connectivity index (χ2n) is 7.24. The Kier molecular flexibility index (Phi) is 4.69. The molecule has 2 aromatic rings. The molecular weight excluding hydrogens is 369 g/mol. The van der Waals surface area contributed by atoms with E-state index in [4.69, 9.17) is 0 Å². The minimum atomic E-state index is -3.48. The molecule has 146 valence electrons. The average Bonchev–Trinajstić information content (AvgIpc) is 2.94. The highest BCUT2D eigenvalue weighted by Gasteiger charge is 2.42. The van der Waals surface area contributed by atoms with E-state index in [0.717, 1.165) is 31.9 Å². The van der Waals surface area contributed by atoms with Crippen molar-refractivity contribution in [2.45, 2.75) is 24.8 Å². The number of hydrogen-bond acceptors (Lipinski definition) is 5. The Morgan fingerprint density at radius 1 is 1.07 bits per heavy atom. The highest BCUT2D eigenvalue weighted by Crippen LogP contribution is 2.28. The second-order valence-corrected chi connectivity index (χ2v) is 9.11. The summed E-state index contributed by atoms with van der Waals surface area (Å²) < 4.78 is 40.2. The monoisotopic (exact) mass is 393 g/mol. The summed E-state index contributed by atoms with van der Waals surface area (Å²) in [6.07, 6.45) is 0. The van der Waals surface area contributed by atoms with E-state index in [2.05, 4.69) is 20.0 Å². The maximum Gasteiger partial charge on any atom is 0.246 e. The number of rotatable bonds is 4. The first kappa shape index (κ1) is 18.4. The van der Waals surface area contributed by atoms with Crippen LogP contribution in [0, 0.1) is 19.7 Å². The Bertz CT molecular complexity index is 894. The molecule has 3 heterocycles. The van der Waals surface area contributed by atoms with E-state index in [0.29, 0.717) is 29.4 Å². The fraction of sp³-hybridized carbons (Fsp3) is 0.500.